The van der Waals surface area contributed by atoms with Gasteiger partial charge in [-0.1, -0.05) is 76.1 Å². The van der Waals surface area contributed by atoms with Crippen LogP contribution in [0.1, 0.15) is 75.7 Å². The Bertz CT molecular complexity index is 933. The first kappa shape index (κ1) is 26.1. The maximum atomic E-state index is 13.9. The fourth-order valence-corrected chi connectivity index (χ4v) is 5.43. The maximum absolute atomic E-state index is 13.9. The molecule has 7 heteroatoms. The van der Waals surface area contributed by atoms with Gasteiger partial charge in [0.25, 0.3) is 0 Å². The summed E-state index contributed by atoms with van der Waals surface area (Å²) >= 11 is 0. The molecule has 2 aromatic carbocycles. The molecule has 2 aliphatic rings. The van der Waals surface area contributed by atoms with E-state index in [1.807, 2.05) is 0 Å². The molecule has 1 saturated carbocycles. The van der Waals surface area contributed by atoms with Gasteiger partial charge in [-0.05, 0) is 41.5 Å². The molecule has 0 N–H and O–H groups in total. The smallest absolute Gasteiger partial charge is 0.348 e. The molecule has 1 aliphatic heterocycles. The molecule has 1 aliphatic carbocycles. The van der Waals surface area contributed by atoms with Crippen molar-refractivity contribution < 1.29 is 31.4 Å². The highest BCUT2D eigenvalue weighted by Gasteiger charge is 2.38. The van der Waals surface area contributed by atoms with Crippen molar-refractivity contribution in [1.29, 1.82) is 0 Å². The summed E-state index contributed by atoms with van der Waals surface area (Å²) in [6.07, 6.45) is 4.74. The summed E-state index contributed by atoms with van der Waals surface area (Å²) in [5.74, 6) is -1.15. The van der Waals surface area contributed by atoms with Crippen LogP contribution in [0, 0.1) is 29.4 Å². The van der Waals surface area contributed by atoms with Gasteiger partial charge in [0.15, 0.2) is 6.29 Å². The number of rotatable bonds is 7. The van der Waals surface area contributed by atoms with E-state index in [0.717, 1.165) is 23.8 Å². The molecule has 192 valence electrons. The van der Waals surface area contributed by atoms with Crippen molar-refractivity contribution in [3.8, 4) is 11.1 Å². The summed E-state index contributed by atoms with van der Waals surface area (Å²) < 4.78 is 78.1. The number of ether oxygens (including phenoxy) is 2. The van der Waals surface area contributed by atoms with Crippen molar-refractivity contribution in [2.75, 3.05) is 13.2 Å². The lowest BCUT2D eigenvalue weighted by molar-refractivity contribution is -0.206. The van der Waals surface area contributed by atoms with E-state index in [4.69, 9.17) is 9.47 Å². The lowest BCUT2D eigenvalue weighted by Gasteiger charge is -2.32. The topological polar surface area (TPSA) is 18.5 Å². The van der Waals surface area contributed by atoms with Crippen molar-refractivity contribution in [2.45, 2.75) is 70.8 Å². The zero-order chi connectivity index (χ0) is 25.0. The molecular weight excluding hydrogens is 463 g/mol. The van der Waals surface area contributed by atoms with Gasteiger partial charge in [0.05, 0.1) is 13.2 Å². The average molecular weight is 497 g/mol. The van der Waals surface area contributed by atoms with Gasteiger partial charge in [-0.25, -0.2) is 8.78 Å². The summed E-state index contributed by atoms with van der Waals surface area (Å²) in [5.41, 5.74) is -0.675. The average Bonchev–Trinajstić information content (AvgIpc) is 2.83. The molecule has 2 nitrogen and oxygen atoms in total. The Hall–Kier alpha value is -1.99. The molecule has 0 aromatic heterocycles. The van der Waals surface area contributed by atoms with Crippen molar-refractivity contribution in [3.05, 3.63) is 59.2 Å². The van der Waals surface area contributed by atoms with Crippen LogP contribution in [0.2, 0.25) is 0 Å². The minimum atomic E-state index is -5.09. The molecule has 1 heterocycles. The molecular formula is C28H33F5O2. The number of benzene rings is 2. The monoisotopic (exact) mass is 496 g/mol. The van der Waals surface area contributed by atoms with Gasteiger partial charge in [0.1, 0.15) is 17.2 Å². The Kier molecular flexibility index (Phi) is 8.48. The summed E-state index contributed by atoms with van der Waals surface area (Å²) in [7, 11) is 0. The largest absolute Gasteiger partial charge is 0.422 e. The highest BCUT2D eigenvalue weighted by Crippen LogP contribution is 2.37. The first-order valence-corrected chi connectivity index (χ1v) is 12.6. The van der Waals surface area contributed by atoms with E-state index in [9.17, 15) is 22.0 Å². The summed E-state index contributed by atoms with van der Waals surface area (Å²) in [6.45, 7) is 3.50. The Morgan fingerprint density at radius 2 is 1.26 bits per heavy atom. The first-order chi connectivity index (χ1) is 16.7. The van der Waals surface area contributed by atoms with Gasteiger partial charge < -0.3 is 9.47 Å². The molecule has 4 rings (SSSR count). The van der Waals surface area contributed by atoms with Crippen LogP contribution in [0.25, 0.3) is 11.1 Å². The van der Waals surface area contributed by atoms with E-state index in [0.29, 0.717) is 36.8 Å². The highest BCUT2D eigenvalue weighted by molar-refractivity contribution is 5.64. The Labute approximate surface area is 203 Å². The van der Waals surface area contributed by atoms with Crippen LogP contribution in [0.15, 0.2) is 36.4 Å². The van der Waals surface area contributed by atoms with Crippen LogP contribution in [-0.2, 0) is 15.7 Å². The van der Waals surface area contributed by atoms with Crippen molar-refractivity contribution >= 4 is 0 Å². The van der Waals surface area contributed by atoms with Gasteiger partial charge in [0.2, 0.25) is 0 Å². The molecule has 2 fully saturated rings. The second kappa shape index (κ2) is 11.4. The number of hydrogen-bond acceptors (Lipinski definition) is 2. The second-order valence-corrected chi connectivity index (χ2v) is 10.1. The third-order valence-electron chi connectivity index (χ3n) is 7.45. The van der Waals surface area contributed by atoms with Crippen LogP contribution in [0.4, 0.5) is 22.0 Å². The first-order valence-electron chi connectivity index (χ1n) is 12.6. The second-order valence-electron chi connectivity index (χ2n) is 10.1. The predicted octanol–water partition coefficient (Wildman–Crippen LogP) is 8.70. The molecule has 0 bridgehead atoms. The third-order valence-corrected chi connectivity index (χ3v) is 7.45. The van der Waals surface area contributed by atoms with E-state index >= 15 is 0 Å². The molecule has 35 heavy (non-hydrogen) atoms. The van der Waals surface area contributed by atoms with Crippen molar-refractivity contribution in [2.24, 2.45) is 17.8 Å². The molecule has 0 unspecified atom stereocenters. The molecule has 0 radical (unpaired) electrons. The van der Waals surface area contributed by atoms with E-state index in [2.05, 4.69) is 6.92 Å². The summed E-state index contributed by atoms with van der Waals surface area (Å²) in [5, 5.41) is 0. The fraction of sp³-hybridized carbons (Fsp3) is 0.571. The Morgan fingerprint density at radius 1 is 0.743 bits per heavy atom. The number of hydrogen-bond donors (Lipinski definition) is 0. The zero-order valence-electron chi connectivity index (χ0n) is 20.1. The van der Waals surface area contributed by atoms with Gasteiger partial charge in [-0.2, -0.15) is 13.2 Å². The maximum Gasteiger partial charge on any atom is 0.422 e. The number of halogens is 5. The van der Waals surface area contributed by atoms with E-state index in [1.54, 1.807) is 24.3 Å². The lowest BCUT2D eigenvalue weighted by atomic mass is 9.77. The molecule has 1 saturated heterocycles. The fourth-order valence-electron chi connectivity index (χ4n) is 5.43. The van der Waals surface area contributed by atoms with Crippen LogP contribution in [-0.4, -0.2) is 13.2 Å². The van der Waals surface area contributed by atoms with E-state index in [1.165, 1.54) is 44.9 Å². The summed E-state index contributed by atoms with van der Waals surface area (Å²) in [6, 6.07) is 8.03. The van der Waals surface area contributed by atoms with Gasteiger partial charge in [0, 0.05) is 11.5 Å². The van der Waals surface area contributed by atoms with E-state index in [-0.39, 0.29) is 5.56 Å². The summed E-state index contributed by atoms with van der Waals surface area (Å²) in [4.78, 5) is 0. The van der Waals surface area contributed by atoms with Crippen LogP contribution in [0.3, 0.4) is 0 Å². The van der Waals surface area contributed by atoms with Crippen molar-refractivity contribution in [1.82, 2.24) is 0 Å². The highest BCUT2D eigenvalue weighted by atomic mass is 19.4. The van der Waals surface area contributed by atoms with Crippen LogP contribution >= 0.6 is 0 Å². The normalized spacial score (nSPS) is 25.5. The van der Waals surface area contributed by atoms with Crippen LogP contribution in [0.5, 0.6) is 0 Å². The van der Waals surface area contributed by atoms with Gasteiger partial charge >= 0.3 is 6.18 Å². The van der Waals surface area contributed by atoms with E-state index < -0.39 is 29.7 Å². The molecule has 2 aromatic rings. The minimum absolute atomic E-state index is 0.0359. The zero-order valence-corrected chi connectivity index (χ0v) is 20.1. The number of alkyl halides is 3. The minimum Gasteiger partial charge on any atom is -0.348 e. The van der Waals surface area contributed by atoms with Gasteiger partial charge in [-0.3, -0.25) is 0 Å². The predicted molar refractivity (Wildman–Crippen MR) is 125 cm³/mol. The quantitative estimate of drug-likeness (QED) is 0.357. The van der Waals surface area contributed by atoms with Gasteiger partial charge in [-0.15, -0.1) is 0 Å². The Balaban J connectivity index is 1.27. The molecule has 0 amide bonds. The van der Waals surface area contributed by atoms with Crippen molar-refractivity contribution in [3.63, 3.8) is 0 Å². The SMILES string of the molecule is CCCC1CCC(CCC2COC(c3ccc(-c4cc(F)c(C(F)(F)F)c(F)c4)cc3)OC2)CC1. The Morgan fingerprint density at radius 3 is 1.77 bits per heavy atom. The molecule has 0 spiro atoms. The van der Waals surface area contributed by atoms with Crippen LogP contribution < -0.4 is 0 Å². The third kappa shape index (κ3) is 6.62. The lowest BCUT2D eigenvalue weighted by Crippen LogP contribution is -2.27. The standard InChI is InChI=1S/C28H33F5O2/c1-2-3-18-4-6-19(7-5-18)8-9-20-16-34-27(35-17-20)22-12-10-21(11-13-22)23-14-24(29)26(25(30)15-23)28(31,32)33/h10-15,18-20,27H,2-9,16-17H2,1H3. The molecule has 0 atom stereocenters.